The Morgan fingerprint density at radius 2 is 0.700 bits per heavy atom. The van der Waals surface area contributed by atoms with Crippen LogP contribution in [0.15, 0.2) is 0 Å². The maximum absolute atomic E-state index is 4.94. The monoisotopic (exact) mass is 286 g/mol. The first-order chi connectivity index (χ1) is 9.91. The van der Waals surface area contributed by atoms with Crippen LogP contribution in [0.5, 0.6) is 0 Å². The molecule has 20 heavy (non-hydrogen) atoms. The van der Waals surface area contributed by atoms with Gasteiger partial charge >= 0.3 is 0 Å². The first-order valence-electron chi connectivity index (χ1n) is 9.07. The summed E-state index contributed by atoms with van der Waals surface area (Å²) in [6, 6.07) is 0. The molecule has 1 aliphatic heterocycles. The van der Waals surface area contributed by atoms with E-state index in [0.717, 1.165) is 26.4 Å². The highest BCUT2D eigenvalue weighted by molar-refractivity contribution is 4.47. The maximum Gasteiger partial charge on any atom is 0.0701 e. The van der Waals surface area contributed by atoms with Crippen molar-refractivity contribution in [2.75, 3.05) is 26.4 Å². The summed E-state index contributed by atoms with van der Waals surface area (Å²) in [5, 5.41) is 0. The summed E-state index contributed by atoms with van der Waals surface area (Å²) in [6.45, 7) is 7.68. The third kappa shape index (κ3) is 17.9. The van der Waals surface area contributed by atoms with Gasteiger partial charge in [0.2, 0.25) is 0 Å². The minimum Gasteiger partial charge on any atom is -0.377 e. The molecule has 2 nitrogen and oxygen atoms in total. The van der Waals surface area contributed by atoms with E-state index < -0.39 is 0 Å². The smallest absolute Gasteiger partial charge is 0.0701 e. The molecule has 0 atom stereocenters. The topological polar surface area (TPSA) is 18.5 Å². The second-order valence-corrected chi connectivity index (χ2v) is 5.76. The molecule has 0 unspecified atom stereocenters. The van der Waals surface area contributed by atoms with Crippen molar-refractivity contribution in [3.05, 3.63) is 0 Å². The van der Waals surface area contributed by atoms with Gasteiger partial charge in [0.25, 0.3) is 0 Å². The molecule has 1 rings (SSSR count). The van der Waals surface area contributed by atoms with Crippen molar-refractivity contribution >= 4 is 0 Å². The molecule has 1 saturated heterocycles. The van der Waals surface area contributed by atoms with E-state index in [9.17, 15) is 0 Å². The third-order valence-electron chi connectivity index (χ3n) is 3.70. The second-order valence-electron chi connectivity index (χ2n) is 5.76. The van der Waals surface area contributed by atoms with E-state index in [1.807, 2.05) is 0 Å². The zero-order valence-electron chi connectivity index (χ0n) is 14.1. The highest BCUT2D eigenvalue weighted by Crippen LogP contribution is 2.11. The normalized spacial score (nSPS) is 14.7. The first kappa shape index (κ1) is 19.9. The average molecular weight is 286 g/mol. The molecule has 0 bridgehead atoms. The lowest BCUT2D eigenvalue weighted by Crippen LogP contribution is -2.16. The van der Waals surface area contributed by atoms with Gasteiger partial charge in [-0.25, -0.2) is 0 Å². The Bertz CT molecular complexity index is 132. The molecule has 0 N–H and O–H groups in total. The van der Waals surface area contributed by atoms with Crippen molar-refractivity contribution in [1.29, 1.82) is 0 Å². The fraction of sp³-hybridized carbons (Fsp3) is 1.00. The van der Waals surface area contributed by atoms with E-state index >= 15 is 0 Å². The van der Waals surface area contributed by atoms with Crippen molar-refractivity contribution in [3.63, 3.8) is 0 Å². The molecule has 0 amide bonds. The van der Waals surface area contributed by atoms with Crippen LogP contribution in [0.3, 0.4) is 0 Å². The maximum atomic E-state index is 4.94. The van der Waals surface area contributed by atoms with Crippen molar-refractivity contribution in [3.8, 4) is 0 Å². The lowest BCUT2D eigenvalue weighted by molar-refractivity contribution is -0.0334. The van der Waals surface area contributed by atoms with Crippen LogP contribution in [0, 0.1) is 0 Å². The van der Waals surface area contributed by atoms with Crippen molar-refractivity contribution in [2.24, 2.45) is 0 Å². The van der Waals surface area contributed by atoms with Gasteiger partial charge in [-0.15, -0.1) is 0 Å². The summed E-state index contributed by atoms with van der Waals surface area (Å²) >= 11 is 0. The van der Waals surface area contributed by atoms with Gasteiger partial charge in [-0.05, 0) is 0 Å². The van der Waals surface area contributed by atoms with E-state index in [4.69, 9.17) is 9.47 Å². The molecule has 1 fully saturated rings. The molecule has 1 heterocycles. The Morgan fingerprint density at radius 1 is 0.450 bits per heavy atom. The summed E-state index contributed by atoms with van der Waals surface area (Å²) in [6.07, 6.45) is 17.4. The fourth-order valence-corrected chi connectivity index (χ4v) is 2.35. The first-order valence-corrected chi connectivity index (χ1v) is 9.07. The molecule has 0 aliphatic carbocycles. The summed E-state index contributed by atoms with van der Waals surface area (Å²) < 4.78 is 9.89. The molecular weight excluding hydrogens is 248 g/mol. The van der Waals surface area contributed by atoms with E-state index in [0.29, 0.717) is 0 Å². The molecule has 2 heteroatoms. The zero-order chi connectivity index (χ0) is 14.7. The molecule has 0 aromatic heterocycles. The molecular formula is C18H38O2. The Balaban J connectivity index is 0.000000493. The predicted molar refractivity (Wildman–Crippen MR) is 88.4 cm³/mol. The standard InChI is InChI=1S/C14H30.C4H8O2/c1-3-5-7-9-11-13-14-12-10-8-6-4-2;1-2-6-4-3-5-1/h3-14H2,1-2H3;1-4H2. The van der Waals surface area contributed by atoms with Crippen LogP contribution < -0.4 is 0 Å². The molecule has 0 saturated carbocycles. The summed E-state index contributed by atoms with van der Waals surface area (Å²) in [4.78, 5) is 0. The minimum absolute atomic E-state index is 0.778. The van der Waals surface area contributed by atoms with E-state index in [1.54, 1.807) is 0 Å². The van der Waals surface area contributed by atoms with E-state index in [2.05, 4.69) is 13.8 Å². The predicted octanol–water partition coefficient (Wildman–Crippen LogP) is 5.74. The SMILES string of the molecule is C1COCCO1.CCCCCCCCCCCCCC. The third-order valence-corrected chi connectivity index (χ3v) is 3.70. The van der Waals surface area contributed by atoms with Crippen LogP contribution in [0.25, 0.3) is 0 Å². The van der Waals surface area contributed by atoms with Crippen LogP contribution in [0.1, 0.15) is 90.9 Å². The number of hydrogen-bond acceptors (Lipinski definition) is 2. The van der Waals surface area contributed by atoms with Gasteiger partial charge < -0.3 is 9.47 Å². The van der Waals surface area contributed by atoms with Crippen molar-refractivity contribution < 1.29 is 9.47 Å². The van der Waals surface area contributed by atoms with Gasteiger partial charge in [-0.2, -0.15) is 0 Å². The van der Waals surface area contributed by atoms with Gasteiger partial charge in [0.05, 0.1) is 26.4 Å². The second kappa shape index (κ2) is 18.9. The lowest BCUT2D eigenvalue weighted by atomic mass is 10.1. The summed E-state index contributed by atoms with van der Waals surface area (Å²) in [7, 11) is 0. The molecule has 0 spiro atoms. The lowest BCUT2D eigenvalue weighted by Gasteiger charge is -2.09. The Labute approximate surface area is 127 Å². The number of hydrogen-bond donors (Lipinski definition) is 0. The van der Waals surface area contributed by atoms with Gasteiger partial charge in [-0.1, -0.05) is 90.9 Å². The van der Waals surface area contributed by atoms with Crippen LogP contribution in [0.2, 0.25) is 0 Å². The molecule has 0 radical (unpaired) electrons. The summed E-state index contributed by atoms with van der Waals surface area (Å²) in [5.74, 6) is 0. The molecule has 0 aromatic carbocycles. The quantitative estimate of drug-likeness (QED) is 0.451. The van der Waals surface area contributed by atoms with Gasteiger partial charge in [0.15, 0.2) is 0 Å². The molecule has 1 aliphatic rings. The average Bonchev–Trinajstić information content (AvgIpc) is 2.52. The van der Waals surface area contributed by atoms with Crippen LogP contribution in [-0.2, 0) is 9.47 Å². The van der Waals surface area contributed by atoms with Crippen LogP contribution in [0.4, 0.5) is 0 Å². The number of ether oxygens (including phenoxy) is 2. The Hall–Kier alpha value is -0.0800. The van der Waals surface area contributed by atoms with E-state index in [-0.39, 0.29) is 0 Å². The highest BCUT2D eigenvalue weighted by Gasteiger charge is 1.94. The largest absolute Gasteiger partial charge is 0.377 e. The number of unbranched alkanes of at least 4 members (excludes halogenated alkanes) is 11. The highest BCUT2D eigenvalue weighted by atomic mass is 16.6. The Morgan fingerprint density at radius 3 is 0.900 bits per heavy atom. The molecule has 0 aromatic rings. The van der Waals surface area contributed by atoms with Crippen LogP contribution in [-0.4, -0.2) is 26.4 Å². The van der Waals surface area contributed by atoms with Crippen LogP contribution >= 0.6 is 0 Å². The summed E-state index contributed by atoms with van der Waals surface area (Å²) in [5.41, 5.74) is 0. The Kier molecular flexibility index (Phi) is 18.8. The van der Waals surface area contributed by atoms with Crippen molar-refractivity contribution in [1.82, 2.24) is 0 Å². The fourth-order valence-electron chi connectivity index (χ4n) is 2.35. The van der Waals surface area contributed by atoms with Gasteiger partial charge in [0, 0.05) is 0 Å². The van der Waals surface area contributed by atoms with Gasteiger partial charge in [0.1, 0.15) is 0 Å². The molecule has 122 valence electrons. The minimum atomic E-state index is 0.778. The number of rotatable bonds is 11. The van der Waals surface area contributed by atoms with E-state index in [1.165, 1.54) is 77.0 Å². The van der Waals surface area contributed by atoms with Crippen molar-refractivity contribution in [2.45, 2.75) is 90.9 Å². The zero-order valence-corrected chi connectivity index (χ0v) is 14.1. The van der Waals surface area contributed by atoms with Gasteiger partial charge in [-0.3, -0.25) is 0 Å².